The van der Waals surface area contributed by atoms with Crippen molar-refractivity contribution < 1.29 is 14.3 Å². The molecule has 0 saturated carbocycles. The van der Waals surface area contributed by atoms with E-state index in [1.54, 1.807) is 24.3 Å². The molecule has 0 aliphatic carbocycles. The number of rotatable bonds is 5. The first kappa shape index (κ1) is 12.5. The van der Waals surface area contributed by atoms with Crippen LogP contribution in [0.4, 0.5) is 5.69 Å². The lowest BCUT2D eigenvalue weighted by molar-refractivity contribution is -0.114. The van der Waals surface area contributed by atoms with Crippen LogP contribution >= 0.6 is 0 Å². The average Bonchev–Trinajstić information content (AvgIpc) is 2.20. The van der Waals surface area contributed by atoms with Crippen LogP contribution in [0.1, 0.15) is 20.8 Å². The molecule has 1 aromatic carbocycles. The van der Waals surface area contributed by atoms with E-state index in [0.717, 1.165) is 11.4 Å². The van der Waals surface area contributed by atoms with Gasteiger partial charge in [0, 0.05) is 19.2 Å². The lowest BCUT2D eigenvalue weighted by atomic mass is 10.3. The second-order valence-electron chi connectivity index (χ2n) is 3.35. The first-order chi connectivity index (χ1) is 7.61. The van der Waals surface area contributed by atoms with E-state index in [4.69, 9.17) is 9.47 Å². The molecule has 0 aliphatic heterocycles. The molecule has 0 bridgehead atoms. The highest BCUT2D eigenvalue weighted by atomic mass is 16.7. The number of amides is 1. The fraction of sp³-hybridized carbons (Fsp3) is 0.417. The maximum atomic E-state index is 10.8. The standard InChI is InChI=1S/C12H17NO3/c1-4-15-10(3)16-12-7-5-11(6-8-12)13-9(2)14/h5-8,10H,4H2,1-3H3,(H,13,14). The van der Waals surface area contributed by atoms with E-state index in [1.807, 2.05) is 13.8 Å². The Kier molecular flexibility index (Phi) is 4.79. The van der Waals surface area contributed by atoms with Crippen molar-refractivity contribution in [1.29, 1.82) is 0 Å². The average molecular weight is 223 g/mol. The lowest BCUT2D eigenvalue weighted by Crippen LogP contribution is -2.15. The molecule has 4 nitrogen and oxygen atoms in total. The number of carbonyl (C=O) groups is 1. The minimum atomic E-state index is -0.267. The van der Waals surface area contributed by atoms with Crippen LogP contribution in [0.2, 0.25) is 0 Å². The molecule has 1 N–H and O–H groups in total. The second kappa shape index (κ2) is 6.12. The molecule has 0 aliphatic rings. The normalized spacial score (nSPS) is 11.9. The zero-order valence-electron chi connectivity index (χ0n) is 9.82. The van der Waals surface area contributed by atoms with Gasteiger partial charge in [-0.15, -0.1) is 0 Å². The van der Waals surface area contributed by atoms with E-state index >= 15 is 0 Å². The first-order valence-corrected chi connectivity index (χ1v) is 5.27. The van der Waals surface area contributed by atoms with E-state index in [0.29, 0.717) is 6.61 Å². The predicted molar refractivity (Wildman–Crippen MR) is 62.5 cm³/mol. The summed E-state index contributed by atoms with van der Waals surface area (Å²) >= 11 is 0. The number of benzene rings is 1. The molecule has 16 heavy (non-hydrogen) atoms. The summed E-state index contributed by atoms with van der Waals surface area (Å²) in [5.41, 5.74) is 0.754. The number of nitrogens with one attached hydrogen (secondary N) is 1. The third-order valence-electron chi connectivity index (χ3n) is 1.88. The van der Waals surface area contributed by atoms with Crippen molar-refractivity contribution in [2.24, 2.45) is 0 Å². The fourth-order valence-electron chi connectivity index (χ4n) is 1.28. The molecule has 1 rings (SSSR count). The number of hydrogen-bond acceptors (Lipinski definition) is 3. The molecule has 88 valence electrons. The van der Waals surface area contributed by atoms with Gasteiger partial charge in [0.25, 0.3) is 0 Å². The Bertz CT molecular complexity index is 335. The third kappa shape index (κ3) is 4.31. The molecule has 1 atom stereocenters. The van der Waals surface area contributed by atoms with Crippen molar-refractivity contribution in [3.63, 3.8) is 0 Å². The Morgan fingerprint density at radius 2 is 2.00 bits per heavy atom. The van der Waals surface area contributed by atoms with E-state index in [9.17, 15) is 4.79 Å². The van der Waals surface area contributed by atoms with Crippen molar-refractivity contribution in [2.45, 2.75) is 27.1 Å². The highest BCUT2D eigenvalue weighted by molar-refractivity contribution is 5.88. The first-order valence-electron chi connectivity index (χ1n) is 5.27. The van der Waals surface area contributed by atoms with Gasteiger partial charge in [-0.3, -0.25) is 4.79 Å². The largest absolute Gasteiger partial charge is 0.465 e. The quantitative estimate of drug-likeness (QED) is 0.780. The molecular weight excluding hydrogens is 206 g/mol. The van der Waals surface area contributed by atoms with Gasteiger partial charge in [-0.1, -0.05) is 0 Å². The number of hydrogen-bond donors (Lipinski definition) is 1. The van der Waals surface area contributed by atoms with Gasteiger partial charge in [0.05, 0.1) is 0 Å². The van der Waals surface area contributed by atoms with E-state index < -0.39 is 0 Å². The summed E-state index contributed by atoms with van der Waals surface area (Å²) < 4.78 is 10.7. The van der Waals surface area contributed by atoms with Crippen LogP contribution in [-0.2, 0) is 9.53 Å². The smallest absolute Gasteiger partial charge is 0.221 e. The highest BCUT2D eigenvalue weighted by Gasteiger charge is 2.02. The van der Waals surface area contributed by atoms with Gasteiger partial charge in [-0.05, 0) is 38.1 Å². The topological polar surface area (TPSA) is 47.6 Å². The van der Waals surface area contributed by atoms with E-state index in [1.165, 1.54) is 6.92 Å². The number of ether oxygens (including phenoxy) is 2. The van der Waals surface area contributed by atoms with Crippen LogP contribution in [0, 0.1) is 0 Å². The van der Waals surface area contributed by atoms with Crippen LogP contribution in [-0.4, -0.2) is 18.8 Å². The molecule has 0 radical (unpaired) electrons. The summed E-state index contributed by atoms with van der Waals surface area (Å²) in [7, 11) is 0. The summed E-state index contributed by atoms with van der Waals surface area (Å²) in [4.78, 5) is 10.8. The highest BCUT2D eigenvalue weighted by Crippen LogP contribution is 2.17. The van der Waals surface area contributed by atoms with Crippen molar-refractivity contribution in [3.8, 4) is 5.75 Å². The Hall–Kier alpha value is -1.55. The molecule has 1 unspecified atom stereocenters. The monoisotopic (exact) mass is 223 g/mol. The van der Waals surface area contributed by atoms with Gasteiger partial charge in [0.2, 0.25) is 5.91 Å². The summed E-state index contributed by atoms with van der Waals surface area (Å²) in [6, 6.07) is 7.16. The maximum absolute atomic E-state index is 10.8. The summed E-state index contributed by atoms with van der Waals surface area (Å²) in [5, 5.41) is 2.68. The molecule has 0 saturated heterocycles. The molecule has 1 aromatic rings. The van der Waals surface area contributed by atoms with Crippen LogP contribution in [0.25, 0.3) is 0 Å². The molecular formula is C12H17NO3. The van der Waals surface area contributed by atoms with E-state index in [2.05, 4.69) is 5.32 Å². The van der Waals surface area contributed by atoms with Crippen molar-refractivity contribution >= 4 is 11.6 Å². The Balaban J connectivity index is 2.54. The Morgan fingerprint density at radius 3 is 2.50 bits per heavy atom. The summed E-state index contributed by atoms with van der Waals surface area (Å²) in [5.74, 6) is 0.631. The zero-order chi connectivity index (χ0) is 12.0. The maximum Gasteiger partial charge on any atom is 0.221 e. The Labute approximate surface area is 95.6 Å². The second-order valence-corrected chi connectivity index (χ2v) is 3.35. The minimum absolute atomic E-state index is 0.0867. The number of carbonyl (C=O) groups excluding carboxylic acids is 1. The van der Waals surface area contributed by atoms with Crippen LogP contribution < -0.4 is 10.1 Å². The minimum Gasteiger partial charge on any atom is -0.465 e. The molecule has 0 aromatic heterocycles. The molecule has 0 fully saturated rings. The van der Waals surface area contributed by atoms with Gasteiger partial charge in [-0.2, -0.15) is 0 Å². The molecule has 1 amide bonds. The van der Waals surface area contributed by atoms with Crippen molar-refractivity contribution in [1.82, 2.24) is 0 Å². The van der Waals surface area contributed by atoms with E-state index in [-0.39, 0.29) is 12.2 Å². The summed E-state index contributed by atoms with van der Waals surface area (Å²) in [6.07, 6.45) is -0.267. The van der Waals surface area contributed by atoms with Crippen molar-refractivity contribution in [3.05, 3.63) is 24.3 Å². The molecule has 0 spiro atoms. The molecule has 0 heterocycles. The van der Waals surface area contributed by atoms with Crippen LogP contribution in [0.3, 0.4) is 0 Å². The Morgan fingerprint density at radius 1 is 1.38 bits per heavy atom. The van der Waals surface area contributed by atoms with Crippen LogP contribution in [0.5, 0.6) is 5.75 Å². The van der Waals surface area contributed by atoms with Crippen LogP contribution in [0.15, 0.2) is 24.3 Å². The fourth-order valence-corrected chi connectivity index (χ4v) is 1.28. The number of anilines is 1. The van der Waals surface area contributed by atoms with Gasteiger partial charge in [-0.25, -0.2) is 0 Å². The summed E-state index contributed by atoms with van der Waals surface area (Å²) in [6.45, 7) is 5.84. The van der Waals surface area contributed by atoms with Crippen molar-refractivity contribution in [2.75, 3.05) is 11.9 Å². The van der Waals surface area contributed by atoms with Gasteiger partial charge in [0.15, 0.2) is 6.29 Å². The molecule has 4 heteroatoms. The lowest BCUT2D eigenvalue weighted by Gasteiger charge is -2.14. The SMILES string of the molecule is CCOC(C)Oc1ccc(NC(C)=O)cc1. The third-order valence-corrected chi connectivity index (χ3v) is 1.88. The van der Waals surface area contributed by atoms with Gasteiger partial charge in [0.1, 0.15) is 5.75 Å². The van der Waals surface area contributed by atoms with Gasteiger partial charge >= 0.3 is 0 Å². The zero-order valence-corrected chi connectivity index (χ0v) is 9.82. The van der Waals surface area contributed by atoms with Gasteiger partial charge < -0.3 is 14.8 Å². The predicted octanol–water partition coefficient (Wildman–Crippen LogP) is 2.41.